The molecule has 0 radical (unpaired) electrons. The van der Waals surface area contributed by atoms with Crippen molar-refractivity contribution in [2.24, 2.45) is 0 Å². The molecule has 0 spiro atoms. The summed E-state index contributed by atoms with van der Waals surface area (Å²) in [4.78, 5) is 0. The van der Waals surface area contributed by atoms with E-state index >= 15 is 0 Å². The Morgan fingerprint density at radius 3 is 2.15 bits per heavy atom. The molecule has 1 N–H and O–H groups in total. The number of rotatable bonds is 3. The fraction of sp³-hybridized carbons (Fsp3) is 0.250. The monoisotopic (exact) mass is 325 g/mol. The summed E-state index contributed by atoms with van der Waals surface area (Å²) in [5.41, 5.74) is 2.27. The molecule has 0 saturated carbocycles. The van der Waals surface area contributed by atoms with Gasteiger partial charge in [-0.15, -0.1) is 0 Å². The van der Waals surface area contributed by atoms with E-state index in [4.69, 9.17) is 34.8 Å². The molecule has 2 aromatic rings. The van der Waals surface area contributed by atoms with Crippen LogP contribution in [-0.4, -0.2) is 13.1 Å². The SMILES string of the molecule is Clc1cccc(C2(Cc3c(Cl)cccc3Cl)CNC2)c1. The van der Waals surface area contributed by atoms with Crippen LogP contribution in [0.15, 0.2) is 42.5 Å². The molecule has 3 rings (SSSR count). The highest BCUT2D eigenvalue weighted by Gasteiger charge is 2.39. The molecule has 0 atom stereocenters. The standard InChI is InChI=1S/C16H14Cl3N/c17-12-4-1-3-11(7-12)16(9-20-10-16)8-13-14(18)5-2-6-15(13)19/h1-7,20H,8-10H2. The van der Waals surface area contributed by atoms with Gasteiger partial charge in [-0.05, 0) is 41.8 Å². The summed E-state index contributed by atoms with van der Waals surface area (Å²) in [6.07, 6.45) is 0.818. The molecule has 1 aliphatic heterocycles. The van der Waals surface area contributed by atoms with Crippen LogP contribution in [0.1, 0.15) is 11.1 Å². The molecule has 0 amide bonds. The van der Waals surface area contributed by atoms with Crippen LogP contribution in [0.25, 0.3) is 0 Å². The molecule has 4 heteroatoms. The lowest BCUT2D eigenvalue weighted by atomic mass is 9.71. The Kier molecular flexibility index (Phi) is 3.96. The Morgan fingerprint density at radius 2 is 1.60 bits per heavy atom. The predicted octanol–water partition coefficient (Wildman–Crippen LogP) is 4.73. The first-order chi connectivity index (χ1) is 9.61. The largest absolute Gasteiger partial charge is 0.315 e. The van der Waals surface area contributed by atoms with Crippen LogP contribution in [0.2, 0.25) is 15.1 Å². The Hall–Kier alpha value is -0.730. The molecule has 0 bridgehead atoms. The van der Waals surface area contributed by atoms with Gasteiger partial charge in [-0.1, -0.05) is 53.0 Å². The van der Waals surface area contributed by atoms with E-state index in [0.717, 1.165) is 40.1 Å². The van der Waals surface area contributed by atoms with Gasteiger partial charge in [-0.25, -0.2) is 0 Å². The van der Waals surface area contributed by atoms with Crippen molar-refractivity contribution >= 4 is 34.8 Å². The summed E-state index contributed by atoms with van der Waals surface area (Å²) in [5.74, 6) is 0. The minimum atomic E-state index is 0.0273. The smallest absolute Gasteiger partial charge is 0.0453 e. The topological polar surface area (TPSA) is 12.0 Å². The van der Waals surface area contributed by atoms with Crippen molar-refractivity contribution in [2.45, 2.75) is 11.8 Å². The molecule has 1 aliphatic rings. The van der Waals surface area contributed by atoms with Crippen molar-refractivity contribution in [3.05, 3.63) is 68.7 Å². The quantitative estimate of drug-likeness (QED) is 0.859. The molecule has 0 aromatic heterocycles. The van der Waals surface area contributed by atoms with Crippen LogP contribution in [0.4, 0.5) is 0 Å². The van der Waals surface area contributed by atoms with E-state index in [1.165, 1.54) is 5.56 Å². The number of hydrogen-bond acceptors (Lipinski definition) is 1. The van der Waals surface area contributed by atoms with Gasteiger partial charge in [0, 0.05) is 33.6 Å². The predicted molar refractivity (Wildman–Crippen MR) is 86.2 cm³/mol. The lowest BCUT2D eigenvalue weighted by molar-refractivity contribution is 0.275. The van der Waals surface area contributed by atoms with E-state index in [-0.39, 0.29) is 5.41 Å². The van der Waals surface area contributed by atoms with Gasteiger partial charge in [-0.2, -0.15) is 0 Å². The molecule has 2 aromatic carbocycles. The number of halogens is 3. The van der Waals surface area contributed by atoms with E-state index in [2.05, 4.69) is 11.4 Å². The number of benzene rings is 2. The van der Waals surface area contributed by atoms with Crippen molar-refractivity contribution < 1.29 is 0 Å². The normalized spacial score (nSPS) is 16.8. The second-order valence-corrected chi connectivity index (χ2v) is 6.52. The fourth-order valence-electron chi connectivity index (χ4n) is 2.72. The van der Waals surface area contributed by atoms with Crippen molar-refractivity contribution in [2.75, 3.05) is 13.1 Å². The molecule has 1 fully saturated rings. The molecular formula is C16H14Cl3N. The molecule has 1 heterocycles. The summed E-state index contributed by atoms with van der Waals surface area (Å²) >= 11 is 18.7. The van der Waals surface area contributed by atoms with Gasteiger partial charge >= 0.3 is 0 Å². The van der Waals surface area contributed by atoms with Crippen LogP contribution >= 0.6 is 34.8 Å². The molecule has 0 aliphatic carbocycles. The summed E-state index contributed by atoms with van der Waals surface area (Å²) in [6.45, 7) is 1.82. The van der Waals surface area contributed by atoms with Gasteiger partial charge in [0.15, 0.2) is 0 Å². The third-order valence-electron chi connectivity index (χ3n) is 3.94. The van der Waals surface area contributed by atoms with Gasteiger partial charge < -0.3 is 5.32 Å². The minimum absolute atomic E-state index is 0.0273. The maximum atomic E-state index is 6.30. The van der Waals surface area contributed by atoms with Crippen molar-refractivity contribution in [1.82, 2.24) is 5.32 Å². The van der Waals surface area contributed by atoms with Gasteiger partial charge in [0.1, 0.15) is 0 Å². The second kappa shape index (κ2) is 5.57. The summed E-state index contributed by atoms with van der Waals surface area (Å²) in [6, 6.07) is 13.7. The fourth-order valence-corrected chi connectivity index (χ4v) is 3.44. The van der Waals surface area contributed by atoms with Crippen molar-refractivity contribution in [3.8, 4) is 0 Å². The Balaban J connectivity index is 1.98. The van der Waals surface area contributed by atoms with E-state index in [1.54, 1.807) is 0 Å². The third kappa shape index (κ3) is 2.56. The number of hydrogen-bond donors (Lipinski definition) is 1. The zero-order chi connectivity index (χ0) is 14.2. The molecular weight excluding hydrogens is 313 g/mol. The zero-order valence-corrected chi connectivity index (χ0v) is 13.1. The Morgan fingerprint density at radius 1 is 0.950 bits per heavy atom. The summed E-state index contributed by atoms with van der Waals surface area (Å²) < 4.78 is 0. The lowest BCUT2D eigenvalue weighted by Crippen LogP contribution is -2.58. The van der Waals surface area contributed by atoms with Crippen LogP contribution < -0.4 is 5.32 Å². The first-order valence-corrected chi connectivity index (χ1v) is 7.64. The highest BCUT2D eigenvalue weighted by Crippen LogP contribution is 2.37. The van der Waals surface area contributed by atoms with Crippen molar-refractivity contribution in [3.63, 3.8) is 0 Å². The van der Waals surface area contributed by atoms with E-state index < -0.39 is 0 Å². The lowest BCUT2D eigenvalue weighted by Gasteiger charge is -2.44. The van der Waals surface area contributed by atoms with Gasteiger partial charge in [-0.3, -0.25) is 0 Å². The Bertz CT molecular complexity index is 615. The minimum Gasteiger partial charge on any atom is -0.315 e. The van der Waals surface area contributed by atoms with E-state index in [0.29, 0.717) is 0 Å². The van der Waals surface area contributed by atoms with Crippen LogP contribution in [0.3, 0.4) is 0 Å². The average Bonchev–Trinajstić information content (AvgIpc) is 2.36. The first-order valence-electron chi connectivity index (χ1n) is 6.50. The van der Waals surface area contributed by atoms with Crippen LogP contribution in [0, 0.1) is 0 Å². The molecule has 20 heavy (non-hydrogen) atoms. The highest BCUT2D eigenvalue weighted by atomic mass is 35.5. The second-order valence-electron chi connectivity index (χ2n) is 5.27. The molecule has 0 unspecified atom stereocenters. The van der Waals surface area contributed by atoms with Crippen LogP contribution in [-0.2, 0) is 11.8 Å². The van der Waals surface area contributed by atoms with E-state index in [9.17, 15) is 0 Å². The van der Waals surface area contributed by atoms with Gasteiger partial charge in [0.05, 0.1) is 0 Å². The van der Waals surface area contributed by atoms with Gasteiger partial charge in [0.2, 0.25) is 0 Å². The van der Waals surface area contributed by atoms with Crippen molar-refractivity contribution in [1.29, 1.82) is 0 Å². The molecule has 1 nitrogen and oxygen atoms in total. The first kappa shape index (κ1) is 14.2. The molecule has 104 valence electrons. The average molecular weight is 327 g/mol. The highest BCUT2D eigenvalue weighted by molar-refractivity contribution is 6.36. The maximum Gasteiger partial charge on any atom is 0.0453 e. The van der Waals surface area contributed by atoms with Crippen LogP contribution in [0.5, 0.6) is 0 Å². The van der Waals surface area contributed by atoms with E-state index in [1.807, 2.05) is 36.4 Å². The Labute approximate surface area is 133 Å². The number of nitrogens with one attached hydrogen (secondary N) is 1. The maximum absolute atomic E-state index is 6.30. The zero-order valence-electron chi connectivity index (χ0n) is 10.8. The van der Waals surface area contributed by atoms with Gasteiger partial charge in [0.25, 0.3) is 0 Å². The third-order valence-corrected chi connectivity index (χ3v) is 4.88. The summed E-state index contributed by atoms with van der Waals surface area (Å²) in [5, 5.41) is 5.57. The molecule has 1 saturated heterocycles. The summed E-state index contributed by atoms with van der Waals surface area (Å²) in [7, 11) is 0.